The maximum absolute atomic E-state index is 12.3. The summed E-state index contributed by atoms with van der Waals surface area (Å²) in [6.45, 7) is 4.35. The fraction of sp³-hybridized carbons (Fsp3) is 0.909. The topological polar surface area (TPSA) is 32.3 Å². The van der Waals surface area contributed by atoms with Crippen LogP contribution in [0.3, 0.4) is 0 Å². The van der Waals surface area contributed by atoms with Gasteiger partial charge in [-0.3, -0.25) is 10.1 Å². The second-order valence-corrected chi connectivity index (χ2v) is 5.68. The third kappa shape index (κ3) is 2.31. The van der Waals surface area contributed by atoms with E-state index in [0.717, 1.165) is 24.5 Å². The SMILES string of the molecule is CC1CCCC(C)N1C(=O)C1CSCN1. The Morgan fingerprint density at radius 2 is 2.00 bits per heavy atom. The Labute approximate surface area is 96.0 Å². The fourth-order valence-corrected chi connectivity index (χ4v) is 3.52. The normalized spacial score (nSPS) is 36.9. The Kier molecular flexibility index (Phi) is 3.57. The van der Waals surface area contributed by atoms with E-state index in [4.69, 9.17) is 0 Å². The zero-order chi connectivity index (χ0) is 10.8. The van der Waals surface area contributed by atoms with E-state index in [0.29, 0.717) is 18.0 Å². The molecule has 0 saturated carbocycles. The molecule has 0 aliphatic carbocycles. The van der Waals surface area contributed by atoms with E-state index < -0.39 is 0 Å². The Hall–Kier alpha value is -0.220. The Morgan fingerprint density at radius 1 is 1.33 bits per heavy atom. The van der Waals surface area contributed by atoms with E-state index in [1.54, 1.807) is 0 Å². The number of likely N-dealkylation sites (tertiary alicyclic amines) is 1. The molecule has 0 radical (unpaired) electrons. The predicted molar refractivity (Wildman–Crippen MR) is 63.9 cm³/mol. The van der Waals surface area contributed by atoms with Crippen LogP contribution in [0.4, 0.5) is 0 Å². The van der Waals surface area contributed by atoms with E-state index in [-0.39, 0.29) is 6.04 Å². The van der Waals surface area contributed by atoms with Crippen LogP contribution in [0.2, 0.25) is 0 Å². The summed E-state index contributed by atoms with van der Waals surface area (Å²) in [5.74, 6) is 2.18. The van der Waals surface area contributed by atoms with Gasteiger partial charge in [-0.15, -0.1) is 11.8 Å². The minimum absolute atomic E-state index is 0.0676. The summed E-state index contributed by atoms with van der Waals surface area (Å²) >= 11 is 1.82. The zero-order valence-electron chi connectivity index (χ0n) is 9.53. The number of hydrogen-bond donors (Lipinski definition) is 1. The number of piperidine rings is 1. The van der Waals surface area contributed by atoms with Crippen molar-refractivity contribution in [3.8, 4) is 0 Å². The van der Waals surface area contributed by atoms with Gasteiger partial charge in [0.15, 0.2) is 0 Å². The molecule has 2 fully saturated rings. The van der Waals surface area contributed by atoms with Crippen molar-refractivity contribution in [2.45, 2.75) is 51.2 Å². The van der Waals surface area contributed by atoms with Gasteiger partial charge in [0.05, 0.1) is 6.04 Å². The highest BCUT2D eigenvalue weighted by Crippen LogP contribution is 2.24. The molecule has 1 N–H and O–H groups in total. The van der Waals surface area contributed by atoms with Gasteiger partial charge in [-0.05, 0) is 33.1 Å². The molecule has 3 atom stereocenters. The first-order valence-corrected chi connectivity index (χ1v) is 6.99. The van der Waals surface area contributed by atoms with Crippen LogP contribution in [0.1, 0.15) is 33.1 Å². The van der Waals surface area contributed by atoms with Crippen molar-refractivity contribution in [1.82, 2.24) is 10.2 Å². The number of carbonyl (C=O) groups is 1. The average Bonchev–Trinajstić information content (AvgIpc) is 2.69. The van der Waals surface area contributed by atoms with Gasteiger partial charge in [-0.2, -0.15) is 0 Å². The standard InChI is InChI=1S/C11H20N2OS/c1-8-4-3-5-9(2)13(8)11(14)10-6-15-7-12-10/h8-10,12H,3-7H2,1-2H3. The van der Waals surface area contributed by atoms with Gasteiger partial charge in [-0.25, -0.2) is 0 Å². The van der Waals surface area contributed by atoms with E-state index in [1.165, 1.54) is 6.42 Å². The molecule has 15 heavy (non-hydrogen) atoms. The molecule has 1 amide bonds. The van der Waals surface area contributed by atoms with Crippen molar-refractivity contribution in [1.29, 1.82) is 0 Å². The molecular weight excluding hydrogens is 208 g/mol. The highest BCUT2D eigenvalue weighted by molar-refractivity contribution is 7.99. The lowest BCUT2D eigenvalue weighted by Gasteiger charge is -2.40. The highest BCUT2D eigenvalue weighted by atomic mass is 32.2. The molecule has 2 aliphatic heterocycles. The third-order valence-electron chi connectivity index (χ3n) is 3.46. The van der Waals surface area contributed by atoms with Crippen LogP contribution >= 0.6 is 11.8 Å². The monoisotopic (exact) mass is 228 g/mol. The van der Waals surface area contributed by atoms with Gasteiger partial charge in [0, 0.05) is 23.7 Å². The van der Waals surface area contributed by atoms with Crippen LogP contribution < -0.4 is 5.32 Å². The molecular formula is C11H20N2OS. The van der Waals surface area contributed by atoms with E-state index in [9.17, 15) is 4.79 Å². The van der Waals surface area contributed by atoms with Gasteiger partial charge in [-0.1, -0.05) is 0 Å². The predicted octanol–water partition coefficient (Wildman–Crippen LogP) is 1.44. The van der Waals surface area contributed by atoms with E-state index >= 15 is 0 Å². The first kappa shape index (κ1) is 11.3. The van der Waals surface area contributed by atoms with Crippen LogP contribution in [0.15, 0.2) is 0 Å². The van der Waals surface area contributed by atoms with Crippen molar-refractivity contribution in [3.63, 3.8) is 0 Å². The lowest BCUT2D eigenvalue weighted by molar-refractivity contribution is -0.138. The summed E-state index contributed by atoms with van der Waals surface area (Å²) < 4.78 is 0. The maximum atomic E-state index is 12.3. The van der Waals surface area contributed by atoms with Gasteiger partial charge in [0.2, 0.25) is 5.91 Å². The Bertz CT molecular complexity index is 231. The Balaban J connectivity index is 2.02. The van der Waals surface area contributed by atoms with Crippen LogP contribution in [-0.2, 0) is 4.79 Å². The highest BCUT2D eigenvalue weighted by Gasteiger charge is 2.34. The number of nitrogens with zero attached hydrogens (tertiary/aromatic N) is 1. The minimum Gasteiger partial charge on any atom is -0.336 e. The summed E-state index contributed by atoms with van der Waals surface area (Å²) in [7, 11) is 0. The summed E-state index contributed by atoms with van der Waals surface area (Å²) in [6, 6.07) is 0.917. The smallest absolute Gasteiger partial charge is 0.241 e. The van der Waals surface area contributed by atoms with Crippen LogP contribution in [0, 0.1) is 0 Å². The maximum Gasteiger partial charge on any atom is 0.241 e. The van der Waals surface area contributed by atoms with Gasteiger partial charge in [0.1, 0.15) is 0 Å². The van der Waals surface area contributed by atoms with Crippen molar-refractivity contribution in [3.05, 3.63) is 0 Å². The van der Waals surface area contributed by atoms with Crippen molar-refractivity contribution in [2.75, 3.05) is 11.6 Å². The van der Waals surface area contributed by atoms with Crippen molar-refractivity contribution >= 4 is 17.7 Å². The molecule has 0 bridgehead atoms. The second kappa shape index (κ2) is 4.74. The number of nitrogens with one attached hydrogen (secondary N) is 1. The lowest BCUT2D eigenvalue weighted by atomic mass is 9.96. The first-order chi connectivity index (χ1) is 7.20. The molecule has 0 aromatic heterocycles. The molecule has 2 rings (SSSR count). The quantitative estimate of drug-likeness (QED) is 0.737. The summed E-state index contributed by atoms with van der Waals surface area (Å²) in [4.78, 5) is 14.4. The summed E-state index contributed by atoms with van der Waals surface area (Å²) in [5, 5.41) is 3.27. The summed E-state index contributed by atoms with van der Waals surface area (Å²) in [5.41, 5.74) is 0. The van der Waals surface area contributed by atoms with Crippen LogP contribution in [-0.4, -0.2) is 40.6 Å². The van der Waals surface area contributed by atoms with Gasteiger partial charge < -0.3 is 4.90 Å². The fourth-order valence-electron chi connectivity index (χ4n) is 2.59. The second-order valence-electron chi connectivity index (χ2n) is 4.65. The number of hydrogen-bond acceptors (Lipinski definition) is 3. The van der Waals surface area contributed by atoms with Gasteiger partial charge in [0.25, 0.3) is 0 Å². The van der Waals surface area contributed by atoms with Crippen LogP contribution in [0.5, 0.6) is 0 Å². The molecule has 2 aliphatic rings. The third-order valence-corrected chi connectivity index (χ3v) is 4.40. The van der Waals surface area contributed by atoms with Crippen LogP contribution in [0.25, 0.3) is 0 Å². The Morgan fingerprint density at radius 3 is 2.53 bits per heavy atom. The van der Waals surface area contributed by atoms with E-state index in [2.05, 4.69) is 24.1 Å². The van der Waals surface area contributed by atoms with Crippen molar-refractivity contribution in [2.24, 2.45) is 0 Å². The number of thioether (sulfide) groups is 1. The molecule has 4 heteroatoms. The lowest BCUT2D eigenvalue weighted by Crippen LogP contribution is -2.54. The first-order valence-electron chi connectivity index (χ1n) is 5.83. The number of amides is 1. The molecule has 86 valence electrons. The molecule has 2 heterocycles. The minimum atomic E-state index is 0.0676. The zero-order valence-corrected chi connectivity index (χ0v) is 10.3. The average molecular weight is 228 g/mol. The van der Waals surface area contributed by atoms with E-state index in [1.807, 2.05) is 11.8 Å². The molecule has 3 unspecified atom stereocenters. The van der Waals surface area contributed by atoms with Gasteiger partial charge >= 0.3 is 0 Å². The molecule has 3 nitrogen and oxygen atoms in total. The molecule has 0 spiro atoms. The largest absolute Gasteiger partial charge is 0.336 e. The summed E-state index contributed by atoms with van der Waals surface area (Å²) in [6.07, 6.45) is 3.59. The number of carbonyl (C=O) groups excluding carboxylic acids is 1. The molecule has 0 aromatic carbocycles. The number of rotatable bonds is 1. The molecule has 2 saturated heterocycles. The molecule has 0 aromatic rings. The van der Waals surface area contributed by atoms with Crippen molar-refractivity contribution < 1.29 is 4.79 Å².